The van der Waals surface area contributed by atoms with Crippen molar-refractivity contribution in [3.05, 3.63) is 33.8 Å². The number of rotatable bonds is 2. The minimum atomic E-state index is 0.168. The Labute approximate surface area is 131 Å². The highest BCUT2D eigenvalue weighted by Crippen LogP contribution is 2.23. The van der Waals surface area contributed by atoms with E-state index < -0.39 is 0 Å². The molecule has 0 radical (unpaired) electrons. The van der Waals surface area contributed by atoms with E-state index in [4.69, 9.17) is 0 Å². The lowest BCUT2D eigenvalue weighted by molar-refractivity contribution is 0.0702. The number of hydrogen-bond acceptors (Lipinski definition) is 1. The Kier molecular flexibility index (Phi) is 5.46. The largest absolute Gasteiger partial charge is 0.335 e. The molecular formula is C15H19Br2NO. The maximum absolute atomic E-state index is 12.7. The van der Waals surface area contributed by atoms with Crippen LogP contribution in [0.25, 0.3) is 0 Å². The van der Waals surface area contributed by atoms with Gasteiger partial charge in [-0.15, -0.1) is 0 Å². The molecule has 1 fully saturated rings. The van der Waals surface area contributed by atoms with E-state index in [1.165, 1.54) is 12.8 Å². The Hall–Kier alpha value is -0.350. The first-order valence-electron chi connectivity index (χ1n) is 6.76. The molecule has 104 valence electrons. The lowest BCUT2D eigenvalue weighted by Gasteiger charge is -2.29. The zero-order chi connectivity index (χ0) is 13.8. The number of hydrogen-bond donors (Lipinski definition) is 0. The van der Waals surface area contributed by atoms with Gasteiger partial charge in [0, 0.05) is 28.0 Å². The number of amides is 1. The van der Waals surface area contributed by atoms with E-state index in [-0.39, 0.29) is 5.91 Å². The second kappa shape index (κ2) is 6.89. The molecule has 1 saturated heterocycles. The summed E-state index contributed by atoms with van der Waals surface area (Å²) >= 11 is 7.03. The summed E-state index contributed by atoms with van der Waals surface area (Å²) < 4.78 is 1.05. The van der Waals surface area contributed by atoms with Crippen molar-refractivity contribution in [2.75, 3.05) is 11.9 Å². The molecule has 0 N–H and O–H groups in total. The van der Waals surface area contributed by atoms with E-state index in [2.05, 4.69) is 31.9 Å². The zero-order valence-corrected chi connectivity index (χ0v) is 14.3. The van der Waals surface area contributed by atoms with Crippen molar-refractivity contribution < 1.29 is 4.79 Å². The summed E-state index contributed by atoms with van der Waals surface area (Å²) in [6, 6.07) is 6.18. The van der Waals surface area contributed by atoms with Gasteiger partial charge < -0.3 is 4.90 Å². The fourth-order valence-corrected chi connectivity index (χ4v) is 3.47. The number of carbonyl (C=O) groups excluding carboxylic acids is 1. The molecule has 19 heavy (non-hydrogen) atoms. The standard InChI is InChI=1S/C15H19Br2NO/c1-11-9-12(6-7-14(11)17)15(19)18-8-4-2-3-5-13(18)10-16/h6-7,9,13H,2-5,8,10H2,1H3. The molecule has 1 heterocycles. The number of nitrogens with zero attached hydrogens (tertiary/aromatic N) is 1. The Morgan fingerprint density at radius 2 is 2.16 bits per heavy atom. The molecule has 0 bridgehead atoms. The molecule has 1 aliphatic heterocycles. The Balaban J connectivity index is 2.22. The first-order valence-corrected chi connectivity index (χ1v) is 8.68. The third-order valence-electron chi connectivity index (χ3n) is 3.72. The number of likely N-dealkylation sites (tertiary alicyclic amines) is 1. The third-order valence-corrected chi connectivity index (χ3v) is 5.36. The molecule has 2 rings (SSSR count). The summed E-state index contributed by atoms with van der Waals surface area (Å²) in [5.41, 5.74) is 1.91. The van der Waals surface area contributed by atoms with Crippen molar-refractivity contribution in [1.82, 2.24) is 4.90 Å². The van der Waals surface area contributed by atoms with Gasteiger partial charge in [-0.25, -0.2) is 0 Å². The predicted octanol–water partition coefficient (Wildman–Crippen LogP) is 4.54. The quantitative estimate of drug-likeness (QED) is 0.681. The molecule has 0 aromatic heterocycles. The normalized spacial score (nSPS) is 20.2. The molecule has 0 saturated carbocycles. The number of benzene rings is 1. The SMILES string of the molecule is Cc1cc(C(=O)N2CCCCCC2CBr)ccc1Br. The first-order chi connectivity index (χ1) is 9.13. The highest BCUT2D eigenvalue weighted by Gasteiger charge is 2.25. The maximum Gasteiger partial charge on any atom is 0.254 e. The second-order valence-corrected chi connectivity index (χ2v) is 6.62. The first kappa shape index (κ1) is 15.0. The van der Waals surface area contributed by atoms with Crippen LogP contribution in [0, 0.1) is 6.92 Å². The van der Waals surface area contributed by atoms with Crippen molar-refractivity contribution >= 4 is 37.8 Å². The third kappa shape index (κ3) is 3.60. The van der Waals surface area contributed by atoms with Crippen LogP contribution in [0.15, 0.2) is 22.7 Å². The lowest BCUT2D eigenvalue weighted by Crippen LogP contribution is -2.41. The number of alkyl halides is 1. The average Bonchev–Trinajstić information content (AvgIpc) is 2.66. The summed E-state index contributed by atoms with van der Waals surface area (Å²) in [6.45, 7) is 2.90. The van der Waals surface area contributed by atoms with Crippen LogP contribution >= 0.6 is 31.9 Å². The van der Waals surface area contributed by atoms with Crippen LogP contribution in [-0.4, -0.2) is 28.7 Å². The summed E-state index contributed by atoms with van der Waals surface area (Å²) in [4.78, 5) is 14.7. The van der Waals surface area contributed by atoms with Gasteiger partial charge >= 0.3 is 0 Å². The van der Waals surface area contributed by atoms with Crippen LogP contribution in [0.1, 0.15) is 41.6 Å². The molecule has 1 atom stereocenters. The maximum atomic E-state index is 12.7. The number of aryl methyl sites for hydroxylation is 1. The molecule has 1 aliphatic rings. The fourth-order valence-electron chi connectivity index (χ4n) is 2.55. The monoisotopic (exact) mass is 387 g/mol. The van der Waals surface area contributed by atoms with Gasteiger partial charge in [-0.1, -0.05) is 44.7 Å². The summed E-state index contributed by atoms with van der Waals surface area (Å²) in [6.07, 6.45) is 4.67. The molecular weight excluding hydrogens is 370 g/mol. The zero-order valence-electron chi connectivity index (χ0n) is 11.2. The van der Waals surface area contributed by atoms with E-state index in [9.17, 15) is 4.79 Å². The molecule has 1 unspecified atom stereocenters. The van der Waals surface area contributed by atoms with Crippen LogP contribution in [0.3, 0.4) is 0 Å². The fraction of sp³-hybridized carbons (Fsp3) is 0.533. The second-order valence-electron chi connectivity index (χ2n) is 5.12. The van der Waals surface area contributed by atoms with Gasteiger partial charge in [-0.3, -0.25) is 4.79 Å². The average molecular weight is 389 g/mol. The van der Waals surface area contributed by atoms with Gasteiger partial charge in [-0.2, -0.15) is 0 Å². The van der Waals surface area contributed by atoms with Crippen LogP contribution < -0.4 is 0 Å². The molecule has 2 nitrogen and oxygen atoms in total. The summed E-state index contributed by atoms with van der Waals surface area (Å²) in [7, 11) is 0. The molecule has 0 aliphatic carbocycles. The van der Waals surface area contributed by atoms with E-state index >= 15 is 0 Å². The summed E-state index contributed by atoms with van der Waals surface area (Å²) in [5, 5.41) is 0.869. The van der Waals surface area contributed by atoms with Crippen LogP contribution in [-0.2, 0) is 0 Å². The minimum absolute atomic E-state index is 0.168. The molecule has 1 aromatic rings. The van der Waals surface area contributed by atoms with E-state index in [1.807, 2.05) is 30.0 Å². The van der Waals surface area contributed by atoms with Crippen molar-refractivity contribution in [2.24, 2.45) is 0 Å². The molecule has 0 spiro atoms. The molecule has 4 heteroatoms. The molecule has 1 amide bonds. The van der Waals surface area contributed by atoms with Crippen LogP contribution in [0.4, 0.5) is 0 Å². The smallest absolute Gasteiger partial charge is 0.254 e. The van der Waals surface area contributed by atoms with Gasteiger partial charge in [0.25, 0.3) is 5.91 Å². The Morgan fingerprint density at radius 3 is 2.84 bits per heavy atom. The number of halogens is 2. The van der Waals surface area contributed by atoms with Gasteiger partial charge in [0.15, 0.2) is 0 Å². The van der Waals surface area contributed by atoms with Gasteiger partial charge in [0.2, 0.25) is 0 Å². The van der Waals surface area contributed by atoms with E-state index in [1.54, 1.807) is 0 Å². The highest BCUT2D eigenvalue weighted by molar-refractivity contribution is 9.10. The van der Waals surface area contributed by atoms with Crippen molar-refractivity contribution in [3.63, 3.8) is 0 Å². The van der Waals surface area contributed by atoms with Gasteiger partial charge in [-0.05, 0) is 43.5 Å². The van der Waals surface area contributed by atoms with E-state index in [0.717, 1.165) is 40.3 Å². The number of carbonyl (C=O) groups is 1. The Bertz CT molecular complexity index is 461. The lowest BCUT2D eigenvalue weighted by atomic mass is 10.1. The van der Waals surface area contributed by atoms with Crippen LogP contribution in [0.5, 0.6) is 0 Å². The topological polar surface area (TPSA) is 20.3 Å². The van der Waals surface area contributed by atoms with Crippen molar-refractivity contribution in [1.29, 1.82) is 0 Å². The van der Waals surface area contributed by atoms with Gasteiger partial charge in [0.1, 0.15) is 0 Å². The van der Waals surface area contributed by atoms with Crippen molar-refractivity contribution in [2.45, 2.75) is 38.6 Å². The summed E-state index contributed by atoms with van der Waals surface area (Å²) in [5.74, 6) is 0.168. The van der Waals surface area contributed by atoms with Gasteiger partial charge in [0.05, 0.1) is 0 Å². The van der Waals surface area contributed by atoms with Crippen LogP contribution in [0.2, 0.25) is 0 Å². The van der Waals surface area contributed by atoms with E-state index in [0.29, 0.717) is 6.04 Å². The van der Waals surface area contributed by atoms with Crippen molar-refractivity contribution in [3.8, 4) is 0 Å². The predicted molar refractivity (Wildman–Crippen MR) is 86.0 cm³/mol. The molecule has 1 aromatic carbocycles. The Morgan fingerprint density at radius 1 is 1.37 bits per heavy atom. The minimum Gasteiger partial charge on any atom is -0.335 e. The highest BCUT2D eigenvalue weighted by atomic mass is 79.9.